The fourth-order valence-corrected chi connectivity index (χ4v) is 2.53. The maximum atomic E-state index is 11.8. The van der Waals surface area contributed by atoms with Crippen LogP contribution in [0.1, 0.15) is 45.1 Å². The number of rotatable bonds is 8. The number of benzene rings is 1. The highest BCUT2D eigenvalue weighted by molar-refractivity contribution is 7.86. The van der Waals surface area contributed by atoms with E-state index in [0.717, 1.165) is 32.1 Å². The Bertz CT molecular complexity index is 435. The first-order valence-electron chi connectivity index (χ1n) is 6.58. The monoisotopic (exact) mass is 270 g/mol. The number of hydrogen-bond acceptors (Lipinski definition) is 3. The third-order valence-electron chi connectivity index (χ3n) is 2.77. The van der Waals surface area contributed by atoms with Gasteiger partial charge in [0.05, 0.1) is 11.5 Å². The second-order valence-corrected chi connectivity index (χ2v) is 5.99. The van der Waals surface area contributed by atoms with Crippen molar-refractivity contribution in [2.75, 3.05) is 6.61 Å². The minimum absolute atomic E-state index is 0.249. The average Bonchev–Trinajstić information content (AvgIpc) is 2.37. The minimum atomic E-state index is -3.57. The second kappa shape index (κ2) is 7.54. The third-order valence-corrected chi connectivity index (χ3v) is 4.09. The van der Waals surface area contributed by atoms with Crippen molar-refractivity contribution in [2.45, 2.75) is 50.8 Å². The van der Waals surface area contributed by atoms with Crippen molar-refractivity contribution in [3.05, 3.63) is 29.8 Å². The molecule has 102 valence electrons. The molecule has 4 heteroatoms. The molecule has 1 aromatic carbocycles. The Morgan fingerprint density at radius 1 is 1.00 bits per heavy atom. The van der Waals surface area contributed by atoms with Crippen molar-refractivity contribution in [1.82, 2.24) is 0 Å². The second-order valence-electron chi connectivity index (χ2n) is 4.38. The maximum Gasteiger partial charge on any atom is 0.296 e. The van der Waals surface area contributed by atoms with Crippen LogP contribution in [-0.4, -0.2) is 15.0 Å². The normalized spacial score (nSPS) is 11.7. The summed E-state index contributed by atoms with van der Waals surface area (Å²) in [5.74, 6) is 0. The van der Waals surface area contributed by atoms with Gasteiger partial charge in [-0.15, -0.1) is 0 Å². The molecular formula is C14H22O3S. The topological polar surface area (TPSA) is 43.4 Å². The molecule has 0 spiro atoms. The molecule has 0 aliphatic rings. The first-order valence-corrected chi connectivity index (χ1v) is 7.99. The van der Waals surface area contributed by atoms with Crippen LogP contribution in [0.25, 0.3) is 0 Å². The van der Waals surface area contributed by atoms with Crippen LogP contribution in [0.4, 0.5) is 0 Å². The smallest absolute Gasteiger partial charge is 0.266 e. The summed E-state index contributed by atoms with van der Waals surface area (Å²) in [6.07, 6.45) is 4.94. The Kier molecular flexibility index (Phi) is 6.36. The zero-order valence-corrected chi connectivity index (χ0v) is 12.0. The molecule has 0 saturated carbocycles. The summed E-state index contributed by atoms with van der Waals surface area (Å²) >= 11 is 0. The van der Waals surface area contributed by atoms with Gasteiger partial charge in [-0.25, -0.2) is 0 Å². The van der Waals surface area contributed by atoms with Crippen LogP contribution in [0, 0.1) is 0 Å². The average molecular weight is 270 g/mol. The van der Waals surface area contributed by atoms with E-state index in [1.165, 1.54) is 5.56 Å². The van der Waals surface area contributed by atoms with E-state index in [4.69, 9.17) is 4.18 Å². The molecule has 0 aromatic heterocycles. The largest absolute Gasteiger partial charge is 0.296 e. The predicted molar refractivity (Wildman–Crippen MR) is 73.1 cm³/mol. The fourth-order valence-electron chi connectivity index (χ4n) is 1.58. The predicted octanol–water partition coefficient (Wildman–Crippen LogP) is 3.53. The molecule has 0 radical (unpaired) electrons. The molecule has 1 aromatic rings. The van der Waals surface area contributed by atoms with Crippen LogP contribution in [-0.2, 0) is 20.7 Å². The van der Waals surface area contributed by atoms with Gasteiger partial charge in [0, 0.05) is 0 Å². The van der Waals surface area contributed by atoms with Crippen LogP contribution < -0.4 is 0 Å². The quantitative estimate of drug-likeness (QED) is 0.536. The first-order chi connectivity index (χ1) is 8.60. The molecular weight excluding hydrogens is 248 g/mol. The van der Waals surface area contributed by atoms with Gasteiger partial charge in [-0.05, 0) is 37.0 Å². The van der Waals surface area contributed by atoms with Crippen LogP contribution >= 0.6 is 0 Å². The number of hydrogen-bond donors (Lipinski definition) is 0. The Balaban J connectivity index is 2.65. The Morgan fingerprint density at radius 3 is 2.17 bits per heavy atom. The minimum Gasteiger partial charge on any atom is -0.266 e. The zero-order valence-electron chi connectivity index (χ0n) is 11.2. The molecule has 0 amide bonds. The van der Waals surface area contributed by atoms with Gasteiger partial charge in [0.1, 0.15) is 0 Å². The van der Waals surface area contributed by atoms with E-state index in [0.29, 0.717) is 0 Å². The lowest BCUT2D eigenvalue weighted by Gasteiger charge is -2.06. The van der Waals surface area contributed by atoms with Gasteiger partial charge in [-0.2, -0.15) is 8.42 Å². The van der Waals surface area contributed by atoms with Gasteiger partial charge in [0.2, 0.25) is 0 Å². The SMILES string of the molecule is CCCCOS(=O)(=O)c1ccc(CCCC)cc1. The standard InChI is InChI=1S/C14H22O3S/c1-3-5-7-13-8-10-14(11-9-13)18(15,16)17-12-6-4-2/h8-11H,3-7,12H2,1-2H3. The van der Waals surface area contributed by atoms with Crippen molar-refractivity contribution in [1.29, 1.82) is 0 Å². The van der Waals surface area contributed by atoms with E-state index in [2.05, 4.69) is 6.92 Å². The molecule has 0 atom stereocenters. The highest BCUT2D eigenvalue weighted by Crippen LogP contribution is 2.15. The van der Waals surface area contributed by atoms with E-state index in [9.17, 15) is 8.42 Å². The fraction of sp³-hybridized carbons (Fsp3) is 0.571. The van der Waals surface area contributed by atoms with Gasteiger partial charge in [0.25, 0.3) is 10.1 Å². The summed E-state index contributed by atoms with van der Waals surface area (Å²) in [5.41, 5.74) is 1.17. The molecule has 18 heavy (non-hydrogen) atoms. The van der Waals surface area contributed by atoms with E-state index in [1.807, 2.05) is 19.1 Å². The first kappa shape index (κ1) is 15.2. The molecule has 1 rings (SSSR count). The summed E-state index contributed by atoms with van der Waals surface area (Å²) in [5, 5.41) is 0. The van der Waals surface area contributed by atoms with E-state index in [1.54, 1.807) is 12.1 Å². The molecule has 0 bridgehead atoms. The van der Waals surface area contributed by atoms with Gasteiger partial charge in [-0.1, -0.05) is 38.8 Å². The summed E-state index contributed by atoms with van der Waals surface area (Å²) in [7, 11) is -3.57. The van der Waals surface area contributed by atoms with Crippen molar-refractivity contribution in [2.24, 2.45) is 0 Å². The van der Waals surface area contributed by atoms with Crippen LogP contribution in [0.5, 0.6) is 0 Å². The van der Waals surface area contributed by atoms with E-state index < -0.39 is 10.1 Å². The van der Waals surface area contributed by atoms with Crippen molar-refractivity contribution in [3.63, 3.8) is 0 Å². The molecule has 0 fully saturated rings. The molecule has 3 nitrogen and oxygen atoms in total. The summed E-state index contributed by atoms with van der Waals surface area (Å²) < 4.78 is 28.6. The summed E-state index contributed by atoms with van der Waals surface area (Å²) in [6.45, 7) is 4.40. The molecule has 0 unspecified atom stereocenters. The van der Waals surface area contributed by atoms with Gasteiger partial charge >= 0.3 is 0 Å². The molecule has 0 aliphatic carbocycles. The van der Waals surface area contributed by atoms with Gasteiger partial charge < -0.3 is 0 Å². The molecule has 0 aliphatic heterocycles. The van der Waals surface area contributed by atoms with E-state index >= 15 is 0 Å². The molecule has 0 N–H and O–H groups in total. The van der Waals surface area contributed by atoms with Gasteiger partial charge in [0.15, 0.2) is 0 Å². The highest BCUT2D eigenvalue weighted by Gasteiger charge is 2.14. The van der Waals surface area contributed by atoms with Crippen LogP contribution in [0.15, 0.2) is 29.2 Å². The van der Waals surface area contributed by atoms with Crippen molar-refractivity contribution in [3.8, 4) is 0 Å². The zero-order chi connectivity index (χ0) is 13.4. The Labute approximate surface area is 110 Å². The number of aryl methyl sites for hydroxylation is 1. The lowest BCUT2D eigenvalue weighted by atomic mass is 10.1. The Morgan fingerprint density at radius 2 is 1.61 bits per heavy atom. The Hall–Kier alpha value is -0.870. The summed E-state index contributed by atoms with van der Waals surface area (Å²) in [4.78, 5) is 0.249. The van der Waals surface area contributed by atoms with Gasteiger partial charge in [-0.3, -0.25) is 4.18 Å². The highest BCUT2D eigenvalue weighted by atomic mass is 32.2. The molecule has 0 saturated heterocycles. The van der Waals surface area contributed by atoms with Crippen LogP contribution in [0.3, 0.4) is 0 Å². The lowest BCUT2D eigenvalue weighted by Crippen LogP contribution is -2.07. The lowest BCUT2D eigenvalue weighted by molar-refractivity contribution is 0.311. The van der Waals surface area contributed by atoms with Crippen molar-refractivity contribution < 1.29 is 12.6 Å². The van der Waals surface area contributed by atoms with E-state index in [-0.39, 0.29) is 11.5 Å². The summed E-state index contributed by atoms with van der Waals surface area (Å²) in [6, 6.07) is 7.00. The third kappa shape index (κ3) is 4.78. The van der Waals surface area contributed by atoms with Crippen LogP contribution in [0.2, 0.25) is 0 Å². The van der Waals surface area contributed by atoms with Crippen molar-refractivity contribution >= 4 is 10.1 Å². The number of unbranched alkanes of at least 4 members (excludes halogenated alkanes) is 2. The maximum absolute atomic E-state index is 11.8. The molecule has 0 heterocycles.